The molecule has 0 spiro atoms. The molecule has 0 atom stereocenters. The Kier molecular flexibility index (Phi) is 15.5. The second-order valence-electron chi connectivity index (χ2n) is 1.29. The predicted molar refractivity (Wildman–Crippen MR) is 36.0 cm³/mol. The van der Waals surface area contributed by atoms with E-state index in [2.05, 4.69) is 0 Å². The quantitative estimate of drug-likeness (QED) is 0.454. The molecule has 0 aliphatic rings. The average Bonchev–Trinajstić information content (AvgIpc) is 1.61. The topological polar surface area (TPSA) is 74.6 Å². The molecule has 4 nitrogen and oxygen atoms in total. The first-order chi connectivity index (χ1) is 3.63. The van der Waals surface area contributed by atoms with Crippen LogP contribution >= 0.6 is 13.5 Å². The standard InChI is InChI=1S/C4H6O4.Na.H2S.H/c5-3(6)1-2-4(7)8;;;/h1-2H2,(H,5,6)(H,7,8);;1H2;/q;+1;;-1. The largest absolute Gasteiger partial charge is 1.00 e. The maximum atomic E-state index is 9.64. The van der Waals surface area contributed by atoms with Crippen LogP contribution < -0.4 is 29.6 Å². The number of hydrogen-bond donors (Lipinski definition) is 2. The Hall–Kier alpha value is 0.290. The third-order valence-corrected chi connectivity index (χ3v) is 0.553. The summed E-state index contributed by atoms with van der Waals surface area (Å²) >= 11 is 0. The first kappa shape index (κ1) is 16.7. The zero-order valence-corrected chi connectivity index (χ0v) is 8.63. The molecule has 0 aromatic carbocycles. The van der Waals surface area contributed by atoms with Crippen molar-refractivity contribution in [2.45, 2.75) is 12.8 Å². The summed E-state index contributed by atoms with van der Waals surface area (Å²) in [7, 11) is 0. The van der Waals surface area contributed by atoms with Crippen molar-refractivity contribution in [1.29, 1.82) is 0 Å². The van der Waals surface area contributed by atoms with Gasteiger partial charge in [0.2, 0.25) is 0 Å². The van der Waals surface area contributed by atoms with Crippen molar-refractivity contribution < 1.29 is 50.8 Å². The number of carbonyl (C=O) groups is 2. The Labute approximate surface area is 88.8 Å². The van der Waals surface area contributed by atoms with Gasteiger partial charge in [-0.1, -0.05) is 0 Å². The summed E-state index contributed by atoms with van der Waals surface area (Å²) in [4.78, 5) is 19.3. The van der Waals surface area contributed by atoms with E-state index in [1.54, 1.807) is 0 Å². The molecule has 0 saturated heterocycles. The maximum absolute atomic E-state index is 9.64. The van der Waals surface area contributed by atoms with Gasteiger partial charge in [-0.2, -0.15) is 13.5 Å². The van der Waals surface area contributed by atoms with Crippen molar-refractivity contribution in [3.63, 3.8) is 0 Å². The SMILES string of the molecule is O=C(O)CCC(=O)O.S.[H-].[Na+]. The normalized spacial score (nSPS) is 6.80. The second-order valence-corrected chi connectivity index (χ2v) is 1.29. The molecule has 0 saturated carbocycles. The van der Waals surface area contributed by atoms with E-state index in [9.17, 15) is 9.59 Å². The van der Waals surface area contributed by atoms with Crippen LogP contribution in [0.5, 0.6) is 0 Å². The van der Waals surface area contributed by atoms with Crippen LogP contribution in [0.1, 0.15) is 14.3 Å². The zero-order valence-electron chi connectivity index (χ0n) is 6.63. The van der Waals surface area contributed by atoms with Gasteiger partial charge in [0.25, 0.3) is 0 Å². The van der Waals surface area contributed by atoms with Gasteiger partial charge in [-0.3, -0.25) is 9.59 Å². The summed E-state index contributed by atoms with van der Waals surface area (Å²) in [6.07, 6.45) is -0.593. The smallest absolute Gasteiger partial charge is 1.00 e. The minimum absolute atomic E-state index is 0. The summed E-state index contributed by atoms with van der Waals surface area (Å²) in [5.74, 6) is -2.15. The Balaban J connectivity index is -0.0000000817. The number of carboxylic acids is 2. The summed E-state index contributed by atoms with van der Waals surface area (Å²) in [5, 5.41) is 15.8. The molecule has 0 radical (unpaired) electrons. The number of hydrogen-bond acceptors (Lipinski definition) is 2. The van der Waals surface area contributed by atoms with Crippen molar-refractivity contribution >= 4 is 25.4 Å². The van der Waals surface area contributed by atoms with E-state index in [1.807, 2.05) is 0 Å². The maximum Gasteiger partial charge on any atom is 1.00 e. The van der Waals surface area contributed by atoms with E-state index in [0.717, 1.165) is 0 Å². The second kappa shape index (κ2) is 9.29. The molecule has 2 N–H and O–H groups in total. The van der Waals surface area contributed by atoms with Gasteiger partial charge in [0.1, 0.15) is 0 Å². The van der Waals surface area contributed by atoms with Gasteiger partial charge in [0.15, 0.2) is 0 Å². The predicted octanol–water partition coefficient (Wildman–Crippen LogP) is -2.83. The number of aliphatic carboxylic acids is 2. The van der Waals surface area contributed by atoms with Crippen LogP contribution in [0, 0.1) is 0 Å². The molecule has 0 aromatic heterocycles. The molecule has 56 valence electrons. The van der Waals surface area contributed by atoms with Gasteiger partial charge in [-0.05, 0) is 0 Å². The minimum Gasteiger partial charge on any atom is -1.00 e. The fourth-order valence-corrected chi connectivity index (χ4v) is 0.214. The molecular formula is C4H9NaO4S. The fraction of sp³-hybridized carbons (Fsp3) is 0.500. The van der Waals surface area contributed by atoms with Crippen molar-refractivity contribution in [2.24, 2.45) is 0 Å². The molecule has 0 aromatic rings. The van der Waals surface area contributed by atoms with Gasteiger partial charge in [0, 0.05) is 0 Å². The van der Waals surface area contributed by atoms with Crippen LogP contribution in [-0.2, 0) is 9.59 Å². The van der Waals surface area contributed by atoms with E-state index < -0.39 is 11.9 Å². The summed E-state index contributed by atoms with van der Waals surface area (Å²) < 4.78 is 0. The molecular weight excluding hydrogens is 167 g/mol. The van der Waals surface area contributed by atoms with Gasteiger partial charge >= 0.3 is 41.5 Å². The summed E-state index contributed by atoms with van der Waals surface area (Å²) in [5.41, 5.74) is 0. The molecule has 6 heteroatoms. The van der Waals surface area contributed by atoms with Crippen LogP contribution in [0.25, 0.3) is 0 Å². The Morgan fingerprint density at radius 1 is 1.10 bits per heavy atom. The van der Waals surface area contributed by atoms with Gasteiger partial charge in [-0.15, -0.1) is 0 Å². The third-order valence-electron chi connectivity index (χ3n) is 0.553. The third kappa shape index (κ3) is 15.7. The molecule has 0 bridgehead atoms. The number of carboxylic acid groups (broad SMARTS) is 2. The molecule has 0 unspecified atom stereocenters. The molecule has 0 amide bonds. The molecule has 0 aliphatic heterocycles. The average molecular weight is 176 g/mol. The van der Waals surface area contributed by atoms with E-state index in [1.165, 1.54) is 0 Å². The molecule has 10 heavy (non-hydrogen) atoms. The van der Waals surface area contributed by atoms with Gasteiger partial charge in [-0.25, -0.2) is 0 Å². The van der Waals surface area contributed by atoms with Gasteiger partial charge in [0.05, 0.1) is 12.8 Å². The van der Waals surface area contributed by atoms with Crippen molar-refractivity contribution in [3.8, 4) is 0 Å². The van der Waals surface area contributed by atoms with Crippen molar-refractivity contribution in [3.05, 3.63) is 0 Å². The van der Waals surface area contributed by atoms with Crippen LogP contribution in [0.15, 0.2) is 0 Å². The first-order valence-electron chi connectivity index (χ1n) is 2.06. The monoisotopic (exact) mass is 176 g/mol. The Morgan fingerprint density at radius 2 is 1.30 bits per heavy atom. The zero-order chi connectivity index (χ0) is 6.57. The molecule has 0 rings (SSSR count). The number of rotatable bonds is 3. The van der Waals surface area contributed by atoms with Crippen LogP contribution in [0.3, 0.4) is 0 Å². The van der Waals surface area contributed by atoms with Crippen molar-refractivity contribution in [2.75, 3.05) is 0 Å². The minimum atomic E-state index is -1.08. The summed E-state index contributed by atoms with van der Waals surface area (Å²) in [6.45, 7) is 0. The van der Waals surface area contributed by atoms with Crippen LogP contribution in [0.2, 0.25) is 0 Å². The Bertz CT molecular complexity index is 107. The fourth-order valence-electron chi connectivity index (χ4n) is 0.214. The van der Waals surface area contributed by atoms with E-state index in [4.69, 9.17) is 10.2 Å². The van der Waals surface area contributed by atoms with E-state index in [-0.39, 0.29) is 57.3 Å². The van der Waals surface area contributed by atoms with Crippen LogP contribution in [0.4, 0.5) is 0 Å². The van der Waals surface area contributed by atoms with E-state index >= 15 is 0 Å². The Morgan fingerprint density at radius 3 is 1.40 bits per heavy atom. The van der Waals surface area contributed by atoms with Crippen LogP contribution in [-0.4, -0.2) is 22.2 Å². The molecule has 0 fully saturated rings. The van der Waals surface area contributed by atoms with Crippen molar-refractivity contribution in [1.82, 2.24) is 0 Å². The van der Waals surface area contributed by atoms with E-state index in [0.29, 0.717) is 0 Å². The van der Waals surface area contributed by atoms with Gasteiger partial charge < -0.3 is 11.6 Å². The molecule has 0 aliphatic carbocycles. The molecule has 0 heterocycles. The first-order valence-corrected chi connectivity index (χ1v) is 2.06. The summed E-state index contributed by atoms with van der Waals surface area (Å²) in [6, 6.07) is 0.